The molecule has 0 saturated heterocycles. The third-order valence-corrected chi connectivity index (χ3v) is 5.30. The molecule has 150 valence electrons. The van der Waals surface area contributed by atoms with Crippen LogP contribution in [-0.2, 0) is 7.05 Å². The fourth-order valence-corrected chi connectivity index (χ4v) is 3.67. The van der Waals surface area contributed by atoms with E-state index in [1.807, 2.05) is 13.0 Å². The molecule has 0 N–H and O–H groups in total. The Bertz CT molecular complexity index is 1080. The van der Waals surface area contributed by atoms with Crippen molar-refractivity contribution in [3.63, 3.8) is 0 Å². The number of fused-ring (bicyclic) bond motifs is 1. The van der Waals surface area contributed by atoms with Gasteiger partial charge in [0.1, 0.15) is 11.3 Å². The molecule has 2 heterocycles. The van der Waals surface area contributed by atoms with Gasteiger partial charge in [-0.15, -0.1) is 5.10 Å². The molecule has 0 aliphatic carbocycles. The summed E-state index contributed by atoms with van der Waals surface area (Å²) in [6.45, 7) is 6.82. The molecule has 0 spiro atoms. The number of ether oxygens (including phenoxy) is 1. The summed E-state index contributed by atoms with van der Waals surface area (Å²) in [4.78, 5) is 13.2. The number of halogens is 2. The summed E-state index contributed by atoms with van der Waals surface area (Å²) < 4.78 is 32.9. The first-order valence-electron chi connectivity index (χ1n) is 9.31. The van der Waals surface area contributed by atoms with Crippen molar-refractivity contribution in [2.45, 2.75) is 53.6 Å². The zero-order valence-corrected chi connectivity index (χ0v) is 17.0. The van der Waals surface area contributed by atoms with Gasteiger partial charge in [0.2, 0.25) is 0 Å². The van der Waals surface area contributed by atoms with E-state index in [0.717, 1.165) is 23.2 Å². The molecule has 0 radical (unpaired) electrons. The highest BCUT2D eigenvalue weighted by molar-refractivity contribution is 5.68. The van der Waals surface area contributed by atoms with Gasteiger partial charge in [-0.05, 0) is 68.0 Å². The minimum absolute atomic E-state index is 0.0935. The summed E-state index contributed by atoms with van der Waals surface area (Å²) >= 11 is 0. The van der Waals surface area contributed by atoms with Crippen molar-refractivity contribution < 1.29 is 13.5 Å². The molecule has 0 aliphatic rings. The highest BCUT2D eigenvalue weighted by atomic mass is 19.3. The van der Waals surface area contributed by atoms with Gasteiger partial charge in [0.25, 0.3) is 5.56 Å². The largest absolute Gasteiger partial charge is 0.435 e. The van der Waals surface area contributed by atoms with E-state index in [2.05, 4.69) is 18.6 Å². The number of hydrogen-bond acceptors (Lipinski definition) is 3. The highest BCUT2D eigenvalue weighted by Gasteiger charge is 2.21. The molecule has 0 fully saturated rings. The zero-order chi connectivity index (χ0) is 20.7. The number of aromatic nitrogens is 3. The van der Waals surface area contributed by atoms with E-state index in [1.165, 1.54) is 16.7 Å². The van der Waals surface area contributed by atoms with E-state index >= 15 is 0 Å². The number of rotatable bonds is 5. The van der Waals surface area contributed by atoms with E-state index in [1.54, 1.807) is 25.4 Å². The zero-order valence-electron chi connectivity index (χ0n) is 17.0. The van der Waals surface area contributed by atoms with Crippen molar-refractivity contribution in [1.82, 2.24) is 14.2 Å². The van der Waals surface area contributed by atoms with Gasteiger partial charge in [-0.2, -0.15) is 8.78 Å². The Balaban J connectivity index is 2.27. The van der Waals surface area contributed by atoms with Crippen LogP contribution in [0.3, 0.4) is 0 Å². The van der Waals surface area contributed by atoms with Crippen LogP contribution in [0.15, 0.2) is 23.0 Å². The van der Waals surface area contributed by atoms with Gasteiger partial charge in [-0.3, -0.25) is 9.36 Å². The minimum Gasteiger partial charge on any atom is -0.435 e. The fraction of sp³-hybridized carbons (Fsp3) is 0.429. The highest BCUT2D eigenvalue weighted by Crippen LogP contribution is 2.31. The summed E-state index contributed by atoms with van der Waals surface area (Å²) in [6.07, 6.45) is 0.924. The fourth-order valence-electron chi connectivity index (χ4n) is 3.67. The minimum atomic E-state index is -2.88. The third kappa shape index (κ3) is 3.30. The molecular formula is C21H25F2N3O2. The molecule has 1 unspecified atom stereocenters. The number of benzene rings is 1. The van der Waals surface area contributed by atoms with Crippen LogP contribution in [0.1, 0.15) is 48.6 Å². The predicted molar refractivity (Wildman–Crippen MR) is 105 cm³/mol. The van der Waals surface area contributed by atoms with Crippen LogP contribution in [0.2, 0.25) is 0 Å². The van der Waals surface area contributed by atoms with Crippen molar-refractivity contribution in [2.75, 3.05) is 0 Å². The third-order valence-electron chi connectivity index (χ3n) is 5.30. The number of nitrogens with zero attached hydrogens (tertiary/aromatic N) is 3. The average molecular weight is 389 g/mol. The Hall–Kier alpha value is -2.70. The second kappa shape index (κ2) is 7.37. The predicted octanol–water partition coefficient (Wildman–Crippen LogP) is 4.74. The van der Waals surface area contributed by atoms with Gasteiger partial charge < -0.3 is 4.74 Å². The molecule has 3 aromatic rings. The first-order valence-corrected chi connectivity index (χ1v) is 9.31. The van der Waals surface area contributed by atoms with Crippen LogP contribution >= 0.6 is 0 Å². The van der Waals surface area contributed by atoms with Gasteiger partial charge in [-0.25, -0.2) is 4.52 Å². The topological polar surface area (TPSA) is 48.5 Å². The second-order valence-electron chi connectivity index (χ2n) is 7.31. The van der Waals surface area contributed by atoms with Crippen molar-refractivity contribution in [1.29, 1.82) is 0 Å². The van der Waals surface area contributed by atoms with Gasteiger partial charge in [0.05, 0.1) is 0 Å². The molecule has 2 aromatic heterocycles. The molecule has 0 aliphatic heterocycles. The molecule has 3 rings (SSSR count). The van der Waals surface area contributed by atoms with E-state index in [9.17, 15) is 13.6 Å². The Kier molecular flexibility index (Phi) is 5.28. The average Bonchev–Trinajstić information content (AvgIpc) is 2.94. The molecule has 0 amide bonds. The maximum Gasteiger partial charge on any atom is 0.387 e. The lowest BCUT2D eigenvalue weighted by Crippen LogP contribution is -2.24. The van der Waals surface area contributed by atoms with Crippen molar-refractivity contribution >= 4 is 5.52 Å². The summed E-state index contributed by atoms with van der Waals surface area (Å²) in [5, 5.41) is 4.75. The number of alkyl halides is 2. The monoisotopic (exact) mass is 389 g/mol. The van der Waals surface area contributed by atoms with Crippen molar-refractivity contribution in [2.24, 2.45) is 7.05 Å². The molecule has 0 saturated carbocycles. The smallest absolute Gasteiger partial charge is 0.387 e. The quantitative estimate of drug-likeness (QED) is 0.633. The van der Waals surface area contributed by atoms with E-state index in [4.69, 9.17) is 5.10 Å². The maximum atomic E-state index is 13.2. The first-order chi connectivity index (χ1) is 13.1. The molecule has 7 heteroatoms. The molecule has 0 bridgehead atoms. The van der Waals surface area contributed by atoms with Gasteiger partial charge in [-0.1, -0.05) is 13.8 Å². The summed E-state index contributed by atoms with van der Waals surface area (Å²) in [5.74, 6) is 0.833. The molecule has 1 aromatic carbocycles. The Labute approximate surface area is 162 Å². The van der Waals surface area contributed by atoms with Crippen molar-refractivity contribution in [3.05, 3.63) is 50.9 Å². The second-order valence-corrected chi connectivity index (χ2v) is 7.31. The summed E-state index contributed by atoms with van der Waals surface area (Å²) in [5.41, 5.74) is 4.51. The van der Waals surface area contributed by atoms with Crippen LogP contribution < -0.4 is 10.3 Å². The number of hydrogen-bond donors (Lipinski definition) is 0. The van der Waals surface area contributed by atoms with Gasteiger partial charge in [0, 0.05) is 18.3 Å². The number of aryl methyl sites for hydroxylation is 3. The Morgan fingerprint density at radius 3 is 2.29 bits per heavy atom. The summed E-state index contributed by atoms with van der Waals surface area (Å²) in [6, 6.07) is 5.09. The van der Waals surface area contributed by atoms with Crippen molar-refractivity contribution in [3.8, 4) is 17.1 Å². The standard InChI is InChI=1S/C21H25F2N3O2/c1-7-11(2)16-10-14(5)26-18(16)20(27)25(6)19(24-26)17-12(3)8-15(9-13(17)4)28-21(22)23/h8-11,21H,7H2,1-6H3. The Morgan fingerprint density at radius 2 is 1.75 bits per heavy atom. The first kappa shape index (κ1) is 20.0. The van der Waals surface area contributed by atoms with E-state index in [-0.39, 0.29) is 17.2 Å². The lowest BCUT2D eigenvalue weighted by Gasteiger charge is -2.16. The summed E-state index contributed by atoms with van der Waals surface area (Å²) in [7, 11) is 1.69. The van der Waals surface area contributed by atoms with Gasteiger partial charge >= 0.3 is 6.61 Å². The van der Waals surface area contributed by atoms with Gasteiger partial charge in [0.15, 0.2) is 5.82 Å². The maximum absolute atomic E-state index is 13.2. The van der Waals surface area contributed by atoms with E-state index < -0.39 is 6.61 Å². The van der Waals surface area contributed by atoms with E-state index in [0.29, 0.717) is 22.5 Å². The lowest BCUT2D eigenvalue weighted by molar-refractivity contribution is -0.0498. The lowest BCUT2D eigenvalue weighted by atomic mass is 9.99. The molecule has 1 atom stereocenters. The SMILES string of the molecule is CCC(C)c1cc(C)n2nc(-c3c(C)cc(OC(F)F)cc3C)n(C)c(=O)c12. The van der Waals surface area contributed by atoms with Crippen LogP contribution in [0.4, 0.5) is 8.78 Å². The molecule has 28 heavy (non-hydrogen) atoms. The van der Waals surface area contributed by atoms with Crippen LogP contribution in [-0.4, -0.2) is 20.8 Å². The van der Waals surface area contributed by atoms with Crippen LogP contribution in [0.5, 0.6) is 5.75 Å². The Morgan fingerprint density at radius 1 is 1.14 bits per heavy atom. The van der Waals surface area contributed by atoms with Crippen LogP contribution in [0.25, 0.3) is 16.9 Å². The normalized spacial score (nSPS) is 12.8. The molecule has 5 nitrogen and oxygen atoms in total. The molecular weight excluding hydrogens is 364 g/mol. The van der Waals surface area contributed by atoms with Crippen LogP contribution in [0, 0.1) is 20.8 Å².